The summed E-state index contributed by atoms with van der Waals surface area (Å²) in [5, 5.41) is 13.6. The Balaban J connectivity index is 1.60. The van der Waals surface area contributed by atoms with Gasteiger partial charge in [-0.15, -0.1) is 11.8 Å². The van der Waals surface area contributed by atoms with E-state index in [9.17, 15) is 10.1 Å². The Bertz CT molecular complexity index is 1060. The van der Waals surface area contributed by atoms with Crippen LogP contribution in [0.4, 0.5) is 5.69 Å². The number of pyridine rings is 1. The molecule has 1 N–H and O–H groups in total. The number of nitrogens with one attached hydrogen (secondary N) is 1. The van der Waals surface area contributed by atoms with Gasteiger partial charge in [0.2, 0.25) is 5.91 Å². The van der Waals surface area contributed by atoms with Crippen LogP contribution in [0.15, 0.2) is 65.7 Å². The van der Waals surface area contributed by atoms with E-state index < -0.39 is 0 Å². The topological polar surface area (TPSA) is 65.8 Å². The molecule has 0 aliphatic heterocycles. The number of rotatable bonds is 7. The second kappa shape index (κ2) is 10.3. The van der Waals surface area contributed by atoms with Gasteiger partial charge in [0, 0.05) is 28.4 Å². The van der Waals surface area contributed by atoms with E-state index in [1.165, 1.54) is 17.3 Å². The molecule has 0 unspecified atom stereocenters. The fourth-order valence-corrected chi connectivity index (χ4v) is 3.87. The van der Waals surface area contributed by atoms with E-state index in [-0.39, 0.29) is 5.91 Å². The summed E-state index contributed by atoms with van der Waals surface area (Å²) in [7, 11) is 0. The number of benzene rings is 2. The van der Waals surface area contributed by atoms with E-state index in [0.717, 1.165) is 16.9 Å². The second-order valence-electron chi connectivity index (χ2n) is 7.09. The number of nitrogens with zero attached hydrogens (tertiary/aromatic N) is 2. The van der Waals surface area contributed by atoms with Crippen LogP contribution >= 0.6 is 23.4 Å². The second-order valence-corrected chi connectivity index (χ2v) is 8.61. The van der Waals surface area contributed by atoms with Crippen molar-refractivity contribution < 1.29 is 4.79 Å². The average Bonchev–Trinajstić information content (AvgIpc) is 2.74. The molecule has 2 aromatic carbocycles. The molecule has 3 aromatic rings. The Morgan fingerprint density at radius 2 is 1.80 bits per heavy atom. The third kappa shape index (κ3) is 5.85. The highest BCUT2D eigenvalue weighted by atomic mass is 35.5. The molecule has 0 fully saturated rings. The van der Waals surface area contributed by atoms with Crippen LogP contribution in [0.25, 0.3) is 11.3 Å². The predicted molar refractivity (Wildman–Crippen MR) is 124 cm³/mol. The van der Waals surface area contributed by atoms with Gasteiger partial charge in [-0.1, -0.05) is 49.7 Å². The van der Waals surface area contributed by atoms with Crippen molar-refractivity contribution in [2.45, 2.75) is 31.2 Å². The molecule has 0 atom stereocenters. The lowest BCUT2D eigenvalue weighted by Gasteiger charge is -2.09. The third-order valence-electron chi connectivity index (χ3n) is 4.55. The Kier molecular flexibility index (Phi) is 7.51. The summed E-state index contributed by atoms with van der Waals surface area (Å²) in [6, 6.07) is 21.0. The minimum absolute atomic E-state index is 0.0628. The molecular weight excluding hydrogens is 414 g/mol. The Labute approximate surface area is 186 Å². The van der Waals surface area contributed by atoms with Crippen molar-refractivity contribution in [3.8, 4) is 17.3 Å². The van der Waals surface area contributed by atoms with Crippen LogP contribution in [-0.4, -0.2) is 16.6 Å². The van der Waals surface area contributed by atoms with Crippen LogP contribution in [0.1, 0.15) is 37.3 Å². The molecule has 0 saturated carbocycles. The van der Waals surface area contributed by atoms with Crippen LogP contribution in [0.5, 0.6) is 0 Å². The number of aromatic nitrogens is 1. The van der Waals surface area contributed by atoms with Gasteiger partial charge >= 0.3 is 0 Å². The van der Waals surface area contributed by atoms with Gasteiger partial charge in [-0.3, -0.25) is 4.79 Å². The number of carbonyl (C=O) groups is 1. The standard InChI is InChI=1S/C24H22ClN3OS/c1-16(2)17-5-10-21(11-6-17)27-23(29)13-14-30-24-19(15-26)7-12-22(28-24)18-3-8-20(25)9-4-18/h3-12,16H,13-14H2,1-2H3,(H,27,29). The first kappa shape index (κ1) is 21.9. The summed E-state index contributed by atoms with van der Waals surface area (Å²) < 4.78 is 0. The first-order valence-corrected chi connectivity index (χ1v) is 11.0. The van der Waals surface area contributed by atoms with Crippen molar-refractivity contribution in [3.05, 3.63) is 76.8 Å². The number of hydrogen-bond acceptors (Lipinski definition) is 4. The monoisotopic (exact) mass is 435 g/mol. The van der Waals surface area contributed by atoms with Crippen molar-refractivity contribution in [1.82, 2.24) is 4.98 Å². The lowest BCUT2D eigenvalue weighted by atomic mass is 10.0. The quantitative estimate of drug-likeness (QED) is 0.429. The lowest BCUT2D eigenvalue weighted by molar-refractivity contribution is -0.115. The van der Waals surface area contributed by atoms with E-state index in [1.54, 1.807) is 6.07 Å². The van der Waals surface area contributed by atoms with E-state index in [4.69, 9.17) is 11.6 Å². The van der Waals surface area contributed by atoms with Gasteiger partial charge in [0.15, 0.2) is 0 Å². The zero-order chi connectivity index (χ0) is 21.5. The van der Waals surface area contributed by atoms with Gasteiger partial charge in [0.05, 0.1) is 11.3 Å². The normalized spacial score (nSPS) is 10.6. The van der Waals surface area contributed by atoms with Gasteiger partial charge in [-0.25, -0.2) is 4.98 Å². The number of amides is 1. The predicted octanol–water partition coefficient (Wildman–Crippen LogP) is 6.52. The first-order valence-electron chi connectivity index (χ1n) is 9.66. The minimum Gasteiger partial charge on any atom is -0.326 e. The van der Waals surface area contributed by atoms with E-state index in [0.29, 0.717) is 33.7 Å². The zero-order valence-electron chi connectivity index (χ0n) is 16.9. The van der Waals surface area contributed by atoms with Crippen LogP contribution in [0.3, 0.4) is 0 Å². The maximum Gasteiger partial charge on any atom is 0.225 e. The number of anilines is 1. The summed E-state index contributed by atoms with van der Waals surface area (Å²) in [6.45, 7) is 4.27. The van der Waals surface area contributed by atoms with Gasteiger partial charge in [0.25, 0.3) is 0 Å². The number of carbonyl (C=O) groups excluding carboxylic acids is 1. The molecule has 30 heavy (non-hydrogen) atoms. The molecule has 1 heterocycles. The first-order chi connectivity index (χ1) is 14.5. The summed E-state index contributed by atoms with van der Waals surface area (Å²) in [4.78, 5) is 16.9. The van der Waals surface area contributed by atoms with Gasteiger partial charge in [-0.2, -0.15) is 5.26 Å². The molecule has 0 spiro atoms. The highest BCUT2D eigenvalue weighted by Gasteiger charge is 2.10. The Morgan fingerprint density at radius 1 is 1.10 bits per heavy atom. The third-order valence-corrected chi connectivity index (χ3v) is 5.79. The van der Waals surface area contributed by atoms with Crippen LogP contribution in [-0.2, 0) is 4.79 Å². The number of nitriles is 1. The van der Waals surface area contributed by atoms with Gasteiger partial charge in [0.1, 0.15) is 11.1 Å². The van der Waals surface area contributed by atoms with Crippen molar-refractivity contribution in [1.29, 1.82) is 5.26 Å². The molecule has 0 radical (unpaired) electrons. The average molecular weight is 436 g/mol. The van der Waals surface area contributed by atoms with Crippen molar-refractivity contribution in [3.63, 3.8) is 0 Å². The van der Waals surface area contributed by atoms with E-state index in [2.05, 4.69) is 30.2 Å². The minimum atomic E-state index is -0.0628. The molecule has 0 aliphatic rings. The molecule has 0 bridgehead atoms. The molecular formula is C24H22ClN3OS. The summed E-state index contributed by atoms with van der Waals surface area (Å²) in [5.74, 6) is 0.922. The summed E-state index contributed by atoms with van der Waals surface area (Å²) >= 11 is 7.36. The molecule has 4 nitrogen and oxygen atoms in total. The fourth-order valence-electron chi connectivity index (χ4n) is 2.83. The maximum atomic E-state index is 12.3. The fraction of sp³-hybridized carbons (Fsp3) is 0.208. The largest absolute Gasteiger partial charge is 0.326 e. The highest BCUT2D eigenvalue weighted by molar-refractivity contribution is 7.99. The maximum absolute atomic E-state index is 12.3. The number of hydrogen-bond donors (Lipinski definition) is 1. The van der Waals surface area contributed by atoms with E-state index in [1.807, 2.05) is 54.6 Å². The molecule has 1 aromatic heterocycles. The van der Waals surface area contributed by atoms with Gasteiger partial charge < -0.3 is 5.32 Å². The van der Waals surface area contributed by atoms with Crippen LogP contribution in [0, 0.1) is 11.3 Å². The highest BCUT2D eigenvalue weighted by Crippen LogP contribution is 2.26. The lowest BCUT2D eigenvalue weighted by Crippen LogP contribution is -2.12. The van der Waals surface area contributed by atoms with E-state index >= 15 is 0 Å². The Hall–Kier alpha value is -2.81. The molecule has 152 valence electrons. The smallest absolute Gasteiger partial charge is 0.225 e. The molecule has 0 saturated heterocycles. The molecule has 1 amide bonds. The summed E-state index contributed by atoms with van der Waals surface area (Å²) in [5.41, 5.74) is 4.22. The van der Waals surface area contributed by atoms with Crippen molar-refractivity contribution in [2.24, 2.45) is 0 Å². The number of halogens is 1. The van der Waals surface area contributed by atoms with Crippen molar-refractivity contribution in [2.75, 3.05) is 11.1 Å². The molecule has 3 rings (SSSR count). The zero-order valence-corrected chi connectivity index (χ0v) is 18.4. The Morgan fingerprint density at radius 3 is 2.43 bits per heavy atom. The van der Waals surface area contributed by atoms with Gasteiger partial charge in [-0.05, 0) is 47.9 Å². The van der Waals surface area contributed by atoms with Crippen LogP contribution < -0.4 is 5.32 Å². The van der Waals surface area contributed by atoms with Crippen LogP contribution in [0.2, 0.25) is 5.02 Å². The van der Waals surface area contributed by atoms with Crippen molar-refractivity contribution >= 4 is 35.0 Å². The SMILES string of the molecule is CC(C)c1ccc(NC(=O)CCSc2nc(-c3ccc(Cl)cc3)ccc2C#N)cc1. The summed E-state index contributed by atoms with van der Waals surface area (Å²) in [6.07, 6.45) is 0.328. The number of thioether (sulfide) groups is 1. The molecule has 6 heteroatoms. The molecule has 0 aliphatic carbocycles.